The molecule has 2 N–H and O–H groups in total. The van der Waals surface area contributed by atoms with Crippen molar-refractivity contribution in [3.63, 3.8) is 0 Å². The second-order valence-corrected chi connectivity index (χ2v) is 7.73. The number of hydrogen-bond acceptors (Lipinski definition) is 4. The fourth-order valence-corrected chi connectivity index (χ4v) is 3.90. The van der Waals surface area contributed by atoms with Crippen molar-refractivity contribution in [1.82, 2.24) is 9.62 Å². The Morgan fingerprint density at radius 1 is 1.26 bits per heavy atom. The molecule has 3 rings (SSSR count). The number of ether oxygens (including phenoxy) is 1. The molecule has 0 aromatic heterocycles. The lowest BCUT2D eigenvalue weighted by atomic mass is 10.0. The van der Waals surface area contributed by atoms with E-state index < -0.39 is 16.4 Å². The number of benzene rings is 1. The van der Waals surface area contributed by atoms with Gasteiger partial charge in [0, 0.05) is 13.1 Å². The van der Waals surface area contributed by atoms with Crippen LogP contribution in [0.25, 0.3) is 0 Å². The molecule has 0 radical (unpaired) electrons. The summed E-state index contributed by atoms with van der Waals surface area (Å²) in [6, 6.07) is 6.83. The van der Waals surface area contributed by atoms with Crippen molar-refractivity contribution in [2.45, 2.75) is 32.4 Å². The van der Waals surface area contributed by atoms with Gasteiger partial charge in [-0.1, -0.05) is 19.1 Å². The van der Waals surface area contributed by atoms with E-state index in [0.717, 1.165) is 12.8 Å². The number of amides is 1. The number of carbonyl (C=O) groups excluding carboxylic acids is 1. The van der Waals surface area contributed by atoms with Crippen molar-refractivity contribution in [3.8, 4) is 5.75 Å². The SMILES string of the molecule is CC1CCN(S(=O)(=O)Nc2ccccc2OC2CC(=O)N2)CC1. The molecule has 7 nitrogen and oxygen atoms in total. The first-order chi connectivity index (χ1) is 10.9. The smallest absolute Gasteiger partial charge is 0.301 e. The minimum Gasteiger partial charge on any atom is -0.468 e. The second-order valence-electron chi connectivity index (χ2n) is 6.06. The third-order valence-electron chi connectivity index (χ3n) is 4.17. The predicted molar refractivity (Wildman–Crippen MR) is 86.1 cm³/mol. The average Bonchev–Trinajstić information content (AvgIpc) is 2.48. The molecule has 1 atom stereocenters. The van der Waals surface area contributed by atoms with Gasteiger partial charge in [0.15, 0.2) is 6.23 Å². The van der Waals surface area contributed by atoms with Crippen molar-refractivity contribution in [2.24, 2.45) is 5.92 Å². The molecule has 0 spiro atoms. The van der Waals surface area contributed by atoms with Crippen molar-refractivity contribution < 1.29 is 17.9 Å². The highest BCUT2D eigenvalue weighted by Gasteiger charge is 2.29. The predicted octanol–water partition coefficient (Wildman–Crippen LogP) is 1.30. The summed E-state index contributed by atoms with van der Waals surface area (Å²) in [5.74, 6) is 0.890. The molecule has 2 aliphatic heterocycles. The van der Waals surface area contributed by atoms with E-state index in [9.17, 15) is 13.2 Å². The van der Waals surface area contributed by atoms with Gasteiger partial charge in [-0.25, -0.2) is 0 Å². The van der Waals surface area contributed by atoms with Gasteiger partial charge in [0.1, 0.15) is 5.75 Å². The van der Waals surface area contributed by atoms with Gasteiger partial charge in [0.25, 0.3) is 0 Å². The Morgan fingerprint density at radius 3 is 2.57 bits per heavy atom. The number of nitrogens with one attached hydrogen (secondary N) is 2. The molecule has 1 aromatic rings. The normalized spacial score (nSPS) is 23.0. The molecule has 126 valence electrons. The maximum absolute atomic E-state index is 12.5. The lowest BCUT2D eigenvalue weighted by Gasteiger charge is -2.31. The summed E-state index contributed by atoms with van der Waals surface area (Å²) < 4.78 is 34.7. The standard InChI is InChI=1S/C15H21N3O4S/c1-11-6-8-18(9-7-11)23(20,21)17-12-4-2-3-5-13(12)22-15-10-14(19)16-15/h2-5,11,15,17H,6-10H2,1H3,(H,16,19). The van der Waals surface area contributed by atoms with Crippen LogP contribution in [0.2, 0.25) is 0 Å². The number of rotatable bonds is 5. The van der Waals surface area contributed by atoms with Crippen molar-refractivity contribution in [2.75, 3.05) is 17.8 Å². The Bertz CT molecular complexity index is 676. The first-order valence-corrected chi connectivity index (χ1v) is 9.21. The number of piperidine rings is 1. The number of anilines is 1. The fourth-order valence-electron chi connectivity index (χ4n) is 2.63. The van der Waals surface area contributed by atoms with Crippen LogP contribution in [-0.4, -0.2) is 37.9 Å². The maximum Gasteiger partial charge on any atom is 0.301 e. The highest BCUT2D eigenvalue weighted by Crippen LogP contribution is 2.28. The van der Waals surface area contributed by atoms with Crippen molar-refractivity contribution >= 4 is 21.8 Å². The molecule has 2 fully saturated rings. The summed E-state index contributed by atoms with van der Waals surface area (Å²) in [5, 5.41) is 2.60. The van der Waals surface area contributed by atoms with Gasteiger partial charge < -0.3 is 10.1 Å². The van der Waals surface area contributed by atoms with Gasteiger partial charge in [-0.2, -0.15) is 12.7 Å². The molecule has 1 amide bonds. The third kappa shape index (κ3) is 3.76. The van der Waals surface area contributed by atoms with Gasteiger partial charge >= 0.3 is 10.2 Å². The highest BCUT2D eigenvalue weighted by atomic mass is 32.2. The van der Waals surface area contributed by atoms with Gasteiger partial charge in [0.05, 0.1) is 12.1 Å². The topological polar surface area (TPSA) is 87.7 Å². The Hall–Kier alpha value is -1.80. The van der Waals surface area contributed by atoms with Gasteiger partial charge in [0.2, 0.25) is 5.91 Å². The zero-order chi connectivity index (χ0) is 16.4. The van der Waals surface area contributed by atoms with E-state index in [4.69, 9.17) is 4.74 Å². The van der Waals surface area contributed by atoms with E-state index in [1.807, 2.05) is 0 Å². The largest absolute Gasteiger partial charge is 0.468 e. The highest BCUT2D eigenvalue weighted by molar-refractivity contribution is 7.90. The fraction of sp³-hybridized carbons (Fsp3) is 0.533. The minimum atomic E-state index is -3.60. The maximum atomic E-state index is 12.5. The quantitative estimate of drug-likeness (QED) is 0.792. The van der Waals surface area contributed by atoms with Crippen LogP contribution >= 0.6 is 0 Å². The first kappa shape index (κ1) is 16.1. The van der Waals surface area contributed by atoms with E-state index in [-0.39, 0.29) is 12.3 Å². The molecule has 0 bridgehead atoms. The van der Waals surface area contributed by atoms with Crippen LogP contribution in [0.1, 0.15) is 26.2 Å². The molecular weight excluding hydrogens is 318 g/mol. The Morgan fingerprint density at radius 2 is 1.91 bits per heavy atom. The summed E-state index contributed by atoms with van der Waals surface area (Å²) in [6.45, 7) is 3.18. The van der Waals surface area contributed by atoms with Crippen LogP contribution in [0.5, 0.6) is 5.75 Å². The third-order valence-corrected chi connectivity index (χ3v) is 5.69. The summed E-state index contributed by atoms with van der Waals surface area (Å²) in [5.41, 5.74) is 0.382. The minimum absolute atomic E-state index is 0.0736. The summed E-state index contributed by atoms with van der Waals surface area (Å²) in [7, 11) is -3.60. The molecule has 1 aromatic carbocycles. The van der Waals surface area contributed by atoms with Crippen LogP contribution in [-0.2, 0) is 15.0 Å². The van der Waals surface area contributed by atoms with Crippen LogP contribution in [0.15, 0.2) is 24.3 Å². The zero-order valence-electron chi connectivity index (χ0n) is 13.0. The Labute approximate surface area is 136 Å². The van der Waals surface area contributed by atoms with Crippen molar-refractivity contribution in [1.29, 1.82) is 0 Å². The lowest BCUT2D eigenvalue weighted by Crippen LogP contribution is -2.52. The number of para-hydroxylation sites is 2. The molecule has 0 saturated carbocycles. The average molecular weight is 339 g/mol. The van der Waals surface area contributed by atoms with E-state index >= 15 is 0 Å². The monoisotopic (exact) mass is 339 g/mol. The van der Waals surface area contributed by atoms with Gasteiger partial charge in [-0.15, -0.1) is 0 Å². The van der Waals surface area contributed by atoms with E-state index in [1.54, 1.807) is 24.3 Å². The molecule has 8 heteroatoms. The Kier molecular flexibility index (Phi) is 4.45. The van der Waals surface area contributed by atoms with E-state index in [1.165, 1.54) is 4.31 Å². The number of nitrogens with zero attached hydrogens (tertiary/aromatic N) is 1. The van der Waals surface area contributed by atoms with E-state index in [0.29, 0.717) is 30.4 Å². The van der Waals surface area contributed by atoms with Gasteiger partial charge in [-0.3, -0.25) is 9.52 Å². The molecule has 23 heavy (non-hydrogen) atoms. The molecule has 0 aliphatic carbocycles. The second kappa shape index (κ2) is 6.37. The van der Waals surface area contributed by atoms with Crippen LogP contribution in [0, 0.1) is 5.92 Å². The van der Waals surface area contributed by atoms with Crippen molar-refractivity contribution in [3.05, 3.63) is 24.3 Å². The first-order valence-electron chi connectivity index (χ1n) is 7.77. The molecule has 2 heterocycles. The van der Waals surface area contributed by atoms with E-state index in [2.05, 4.69) is 17.0 Å². The molecule has 2 aliphatic rings. The molecule has 2 saturated heterocycles. The summed E-state index contributed by atoms with van der Waals surface area (Å²) >= 11 is 0. The number of hydrogen-bond donors (Lipinski definition) is 2. The van der Waals surface area contributed by atoms with Crippen LogP contribution in [0.4, 0.5) is 5.69 Å². The summed E-state index contributed by atoms with van der Waals surface area (Å²) in [4.78, 5) is 10.9. The van der Waals surface area contributed by atoms with Crippen LogP contribution < -0.4 is 14.8 Å². The summed E-state index contributed by atoms with van der Waals surface area (Å²) in [6.07, 6.45) is 1.62. The van der Waals surface area contributed by atoms with Gasteiger partial charge in [-0.05, 0) is 30.9 Å². The molecular formula is C15H21N3O4S. The number of carbonyl (C=O) groups is 1. The lowest BCUT2D eigenvalue weighted by molar-refractivity contribution is -0.134. The molecule has 1 unspecified atom stereocenters. The number of β-lactam (4-membered cyclic amide) rings is 1. The zero-order valence-corrected chi connectivity index (χ0v) is 13.8. The Balaban J connectivity index is 1.70. The van der Waals surface area contributed by atoms with Crippen LogP contribution in [0.3, 0.4) is 0 Å².